The first-order chi connectivity index (χ1) is 6.74. The summed E-state index contributed by atoms with van der Waals surface area (Å²) >= 11 is 0. The second-order valence-corrected chi connectivity index (χ2v) is 2.18. The van der Waals surface area contributed by atoms with E-state index in [2.05, 4.69) is 26.9 Å². The molecule has 1 rings (SSSR count). The maximum absolute atomic E-state index is 11.0. The lowest BCUT2D eigenvalue weighted by atomic mass is 10.3. The zero-order chi connectivity index (χ0) is 10.4. The third-order valence-electron chi connectivity index (χ3n) is 1.26. The van der Waals surface area contributed by atoms with Crippen LogP contribution in [0.2, 0.25) is 0 Å². The molecule has 0 aliphatic heterocycles. The van der Waals surface area contributed by atoms with E-state index >= 15 is 0 Å². The maximum Gasteiger partial charge on any atom is 0.325 e. The lowest BCUT2D eigenvalue weighted by molar-refractivity contribution is 1.03. The van der Waals surface area contributed by atoms with Crippen LogP contribution in [0.1, 0.15) is 5.56 Å². The van der Waals surface area contributed by atoms with E-state index in [1.54, 1.807) is 0 Å². The zero-order valence-electron chi connectivity index (χ0n) is 6.94. The van der Waals surface area contributed by atoms with Crippen molar-refractivity contribution < 1.29 is 0 Å². The normalized spacial score (nSPS) is 8.29. The van der Waals surface area contributed by atoms with Crippen molar-refractivity contribution >= 4 is 0 Å². The molecular weight excluding hydrogens is 186 g/mol. The molecule has 1 heterocycles. The molecule has 0 amide bonds. The number of nitrogens with zero attached hydrogens (tertiary/aromatic N) is 3. The highest BCUT2D eigenvalue weighted by Gasteiger charge is 1.93. The van der Waals surface area contributed by atoms with Gasteiger partial charge in [-0.15, -0.1) is 0 Å². The Labute approximate surface area is 77.4 Å². The zero-order valence-corrected chi connectivity index (χ0v) is 6.94. The van der Waals surface area contributed by atoms with E-state index in [1.807, 2.05) is 4.98 Å². The van der Waals surface area contributed by atoms with Crippen LogP contribution in [0.3, 0.4) is 0 Å². The Hall–Kier alpha value is -2.45. The van der Waals surface area contributed by atoms with Crippen LogP contribution in [0.25, 0.3) is 10.4 Å². The van der Waals surface area contributed by atoms with Gasteiger partial charge in [0.25, 0.3) is 5.56 Å². The van der Waals surface area contributed by atoms with Gasteiger partial charge in [0, 0.05) is 11.1 Å². The van der Waals surface area contributed by atoms with E-state index in [4.69, 9.17) is 5.53 Å². The molecule has 14 heavy (non-hydrogen) atoms. The van der Waals surface area contributed by atoms with Crippen LogP contribution >= 0.6 is 0 Å². The van der Waals surface area contributed by atoms with E-state index in [0.29, 0.717) is 0 Å². The van der Waals surface area contributed by atoms with E-state index in [9.17, 15) is 9.59 Å². The summed E-state index contributed by atoms with van der Waals surface area (Å²) in [6.07, 6.45) is 1.20. The van der Waals surface area contributed by atoms with Crippen molar-refractivity contribution in [1.82, 2.24) is 9.97 Å². The number of hydrogen-bond acceptors (Lipinski definition) is 3. The van der Waals surface area contributed by atoms with Gasteiger partial charge in [0.05, 0.1) is 6.54 Å². The maximum atomic E-state index is 11.0. The number of hydrogen-bond donors (Lipinski definition) is 2. The molecule has 2 N–H and O–H groups in total. The SMILES string of the molecule is [N-]=[N+]=NCC#Cc1c[nH]c(=O)[nH]c1=O. The number of rotatable bonds is 1. The predicted octanol–water partition coefficient (Wildman–Crippen LogP) is -0.275. The summed E-state index contributed by atoms with van der Waals surface area (Å²) in [5.41, 5.74) is 6.90. The Balaban J connectivity index is 2.96. The summed E-state index contributed by atoms with van der Waals surface area (Å²) in [4.78, 5) is 28.4. The largest absolute Gasteiger partial charge is 0.325 e. The van der Waals surface area contributed by atoms with Gasteiger partial charge in [0.1, 0.15) is 5.56 Å². The first-order valence-corrected chi connectivity index (χ1v) is 3.56. The smallest absolute Gasteiger partial charge is 0.313 e. The quantitative estimate of drug-likeness (QED) is 0.275. The topological polar surface area (TPSA) is 114 Å². The van der Waals surface area contributed by atoms with E-state index in [-0.39, 0.29) is 12.1 Å². The van der Waals surface area contributed by atoms with Gasteiger partial charge in [0.2, 0.25) is 0 Å². The summed E-state index contributed by atoms with van der Waals surface area (Å²) in [6, 6.07) is 0. The predicted molar refractivity (Wildman–Crippen MR) is 48.6 cm³/mol. The number of aromatic nitrogens is 2. The molecule has 0 bridgehead atoms. The molecule has 7 nitrogen and oxygen atoms in total. The second kappa shape index (κ2) is 4.54. The van der Waals surface area contributed by atoms with Gasteiger partial charge in [-0.25, -0.2) is 4.79 Å². The molecule has 1 aromatic heterocycles. The van der Waals surface area contributed by atoms with Gasteiger partial charge in [0.15, 0.2) is 0 Å². The van der Waals surface area contributed by atoms with Crippen LogP contribution in [-0.2, 0) is 0 Å². The Morgan fingerprint density at radius 3 is 3.00 bits per heavy atom. The number of nitrogens with one attached hydrogen (secondary N) is 2. The molecule has 0 saturated carbocycles. The molecule has 0 radical (unpaired) electrons. The first-order valence-electron chi connectivity index (χ1n) is 3.56. The minimum atomic E-state index is -0.587. The highest BCUT2D eigenvalue weighted by atomic mass is 16.2. The van der Waals surface area contributed by atoms with Gasteiger partial charge >= 0.3 is 5.69 Å². The molecule has 0 unspecified atom stereocenters. The van der Waals surface area contributed by atoms with Gasteiger partial charge in [-0.3, -0.25) is 9.78 Å². The molecule has 0 saturated heterocycles. The van der Waals surface area contributed by atoms with Crippen molar-refractivity contribution in [3.63, 3.8) is 0 Å². The molecule has 0 fully saturated rings. The molecule has 7 heteroatoms. The van der Waals surface area contributed by atoms with E-state index < -0.39 is 11.2 Å². The van der Waals surface area contributed by atoms with Crippen LogP contribution < -0.4 is 11.2 Å². The average molecular weight is 191 g/mol. The minimum absolute atomic E-state index is 0.0188. The highest BCUT2D eigenvalue weighted by molar-refractivity contribution is 5.29. The Morgan fingerprint density at radius 2 is 2.36 bits per heavy atom. The molecule has 0 aliphatic rings. The lowest BCUT2D eigenvalue weighted by Crippen LogP contribution is -2.23. The fraction of sp³-hybridized carbons (Fsp3) is 0.143. The van der Waals surface area contributed by atoms with Crippen LogP contribution in [0.5, 0.6) is 0 Å². The van der Waals surface area contributed by atoms with Gasteiger partial charge in [-0.05, 0) is 5.53 Å². The van der Waals surface area contributed by atoms with E-state index in [0.717, 1.165) is 0 Å². The van der Waals surface area contributed by atoms with Gasteiger partial charge in [-0.1, -0.05) is 17.0 Å². The average Bonchev–Trinajstić information content (AvgIpc) is 2.15. The third kappa shape index (κ3) is 2.55. The first kappa shape index (κ1) is 9.64. The molecule has 0 spiro atoms. The standard InChI is InChI=1S/C7H5N5O2/c8-12-10-3-1-2-5-4-9-7(14)11-6(5)13/h4H,3H2,(H2,9,11,13,14). The van der Waals surface area contributed by atoms with Crippen LogP contribution in [0.4, 0.5) is 0 Å². The molecule has 1 aromatic rings. The van der Waals surface area contributed by atoms with Crippen molar-refractivity contribution in [2.45, 2.75) is 0 Å². The highest BCUT2D eigenvalue weighted by Crippen LogP contribution is 1.78. The molecule has 0 aromatic carbocycles. The summed E-state index contributed by atoms with van der Waals surface area (Å²) < 4.78 is 0. The summed E-state index contributed by atoms with van der Waals surface area (Å²) in [5, 5.41) is 3.16. The fourth-order valence-electron chi connectivity index (χ4n) is 0.704. The van der Waals surface area contributed by atoms with Crippen LogP contribution in [0, 0.1) is 11.8 Å². The number of aromatic amines is 2. The second-order valence-electron chi connectivity index (χ2n) is 2.18. The minimum Gasteiger partial charge on any atom is -0.313 e. The fourth-order valence-corrected chi connectivity index (χ4v) is 0.704. The number of H-pyrrole nitrogens is 2. The Bertz CT molecular complexity index is 537. The molecule has 0 aliphatic carbocycles. The third-order valence-corrected chi connectivity index (χ3v) is 1.26. The van der Waals surface area contributed by atoms with Crippen molar-refractivity contribution in [3.05, 3.63) is 43.0 Å². The lowest BCUT2D eigenvalue weighted by Gasteiger charge is -1.85. The summed E-state index contributed by atoms with van der Waals surface area (Å²) in [5.74, 6) is 4.90. The van der Waals surface area contributed by atoms with Crippen LogP contribution in [-0.4, -0.2) is 16.5 Å². The molecule has 0 atom stereocenters. The van der Waals surface area contributed by atoms with E-state index in [1.165, 1.54) is 6.20 Å². The summed E-state index contributed by atoms with van der Waals surface area (Å²) in [7, 11) is 0. The van der Waals surface area contributed by atoms with Gasteiger partial charge in [-0.2, -0.15) is 0 Å². The Morgan fingerprint density at radius 1 is 1.57 bits per heavy atom. The van der Waals surface area contributed by atoms with Crippen molar-refractivity contribution in [3.8, 4) is 11.8 Å². The monoisotopic (exact) mass is 191 g/mol. The Kier molecular flexibility index (Phi) is 3.13. The summed E-state index contributed by atoms with van der Waals surface area (Å²) in [6.45, 7) is -0.0188. The van der Waals surface area contributed by atoms with Crippen molar-refractivity contribution in [2.75, 3.05) is 6.54 Å². The van der Waals surface area contributed by atoms with Gasteiger partial charge < -0.3 is 4.98 Å². The molecule has 70 valence electrons. The van der Waals surface area contributed by atoms with Crippen LogP contribution in [0.15, 0.2) is 20.9 Å². The number of azide groups is 1. The van der Waals surface area contributed by atoms with Crippen molar-refractivity contribution in [1.29, 1.82) is 0 Å². The van der Waals surface area contributed by atoms with Crippen molar-refractivity contribution in [2.24, 2.45) is 5.11 Å². The molecular formula is C7H5N5O2.